The standard InChI is InChI=1S/C21H29N3OS/c1-16(2)19-7-5-6-8-20(19)21-15-23(11-12-24(21)26-4)14-17-9-10-18(25-3)13-22-17/h5-10,13,16,21H,11-12,14-15H2,1-4H3. The highest BCUT2D eigenvalue weighted by atomic mass is 32.2. The second-order valence-electron chi connectivity index (χ2n) is 7.05. The van der Waals surface area contributed by atoms with Gasteiger partial charge >= 0.3 is 0 Å². The van der Waals surface area contributed by atoms with E-state index in [0.717, 1.165) is 37.6 Å². The molecular weight excluding hydrogens is 342 g/mol. The highest BCUT2D eigenvalue weighted by Gasteiger charge is 2.29. The molecule has 1 aromatic heterocycles. The smallest absolute Gasteiger partial charge is 0.137 e. The van der Waals surface area contributed by atoms with Crippen LogP contribution in [0.5, 0.6) is 5.75 Å². The van der Waals surface area contributed by atoms with Crippen molar-refractivity contribution in [2.45, 2.75) is 32.4 Å². The van der Waals surface area contributed by atoms with Gasteiger partial charge in [0.25, 0.3) is 0 Å². The number of nitrogens with zero attached hydrogens (tertiary/aromatic N) is 3. The number of hydrogen-bond acceptors (Lipinski definition) is 5. The van der Waals surface area contributed by atoms with Crippen LogP contribution in [-0.2, 0) is 6.54 Å². The molecular formula is C21H29N3OS. The maximum atomic E-state index is 5.21. The molecule has 0 aliphatic carbocycles. The van der Waals surface area contributed by atoms with Crippen LogP contribution in [0.15, 0.2) is 42.6 Å². The van der Waals surface area contributed by atoms with Gasteiger partial charge in [-0.25, -0.2) is 4.31 Å². The quantitative estimate of drug-likeness (QED) is 0.704. The second kappa shape index (κ2) is 8.89. The molecule has 1 atom stereocenters. The van der Waals surface area contributed by atoms with E-state index in [1.807, 2.05) is 18.0 Å². The fourth-order valence-electron chi connectivity index (χ4n) is 3.63. The summed E-state index contributed by atoms with van der Waals surface area (Å²) in [5.41, 5.74) is 4.02. The summed E-state index contributed by atoms with van der Waals surface area (Å²) in [5, 5.41) is 0. The average Bonchev–Trinajstić information content (AvgIpc) is 2.68. The molecule has 1 saturated heterocycles. The van der Waals surface area contributed by atoms with E-state index in [-0.39, 0.29) is 0 Å². The maximum Gasteiger partial charge on any atom is 0.137 e. The Hall–Kier alpha value is -1.56. The molecule has 5 heteroatoms. The van der Waals surface area contributed by atoms with Crippen LogP contribution in [0.25, 0.3) is 0 Å². The first-order valence-corrected chi connectivity index (χ1v) is 10.4. The lowest BCUT2D eigenvalue weighted by atomic mass is 9.92. The number of hydrogen-bond donors (Lipinski definition) is 0. The molecule has 26 heavy (non-hydrogen) atoms. The topological polar surface area (TPSA) is 28.6 Å². The predicted octanol–water partition coefficient (Wildman–Crippen LogP) is 4.35. The minimum absolute atomic E-state index is 0.413. The van der Waals surface area contributed by atoms with Crippen LogP contribution in [0.1, 0.15) is 42.6 Å². The first-order valence-electron chi connectivity index (χ1n) is 9.23. The molecule has 4 nitrogen and oxygen atoms in total. The lowest BCUT2D eigenvalue weighted by Gasteiger charge is -2.41. The zero-order chi connectivity index (χ0) is 18.5. The van der Waals surface area contributed by atoms with Crippen molar-refractivity contribution in [3.63, 3.8) is 0 Å². The van der Waals surface area contributed by atoms with Crippen LogP contribution in [0.2, 0.25) is 0 Å². The summed E-state index contributed by atoms with van der Waals surface area (Å²) in [6, 6.07) is 13.4. The number of rotatable bonds is 6. The largest absolute Gasteiger partial charge is 0.495 e. The van der Waals surface area contributed by atoms with E-state index in [4.69, 9.17) is 4.74 Å². The monoisotopic (exact) mass is 371 g/mol. The third-order valence-electron chi connectivity index (χ3n) is 5.05. The number of piperazine rings is 1. The summed E-state index contributed by atoms with van der Waals surface area (Å²) in [6.07, 6.45) is 3.99. The molecule has 1 aliphatic heterocycles. The van der Waals surface area contributed by atoms with Crippen molar-refractivity contribution in [2.24, 2.45) is 0 Å². The SMILES string of the molecule is COc1ccc(CN2CCN(SC)C(c3ccccc3C(C)C)C2)nc1. The van der Waals surface area contributed by atoms with Gasteiger partial charge in [-0.3, -0.25) is 9.88 Å². The summed E-state index contributed by atoms with van der Waals surface area (Å²) in [6.45, 7) is 8.60. The Morgan fingerprint density at radius 3 is 2.65 bits per heavy atom. The molecule has 1 fully saturated rings. The van der Waals surface area contributed by atoms with E-state index in [0.29, 0.717) is 12.0 Å². The van der Waals surface area contributed by atoms with Crippen LogP contribution in [0, 0.1) is 0 Å². The molecule has 1 aromatic carbocycles. The molecule has 1 unspecified atom stereocenters. The molecule has 140 valence electrons. The van der Waals surface area contributed by atoms with Crippen molar-refractivity contribution >= 4 is 11.9 Å². The van der Waals surface area contributed by atoms with E-state index >= 15 is 0 Å². The van der Waals surface area contributed by atoms with Gasteiger partial charge in [-0.1, -0.05) is 50.1 Å². The van der Waals surface area contributed by atoms with Gasteiger partial charge < -0.3 is 4.74 Å². The Balaban J connectivity index is 1.78. The highest BCUT2D eigenvalue weighted by Crippen LogP contribution is 2.34. The van der Waals surface area contributed by atoms with Crippen LogP contribution in [0.4, 0.5) is 0 Å². The highest BCUT2D eigenvalue weighted by molar-refractivity contribution is 7.96. The predicted molar refractivity (Wildman–Crippen MR) is 110 cm³/mol. The first kappa shape index (κ1) is 19.2. The molecule has 0 radical (unpaired) electrons. The van der Waals surface area contributed by atoms with Gasteiger partial charge in [-0.05, 0) is 35.4 Å². The van der Waals surface area contributed by atoms with Crippen molar-refractivity contribution in [1.29, 1.82) is 0 Å². The fraction of sp³-hybridized carbons (Fsp3) is 0.476. The second-order valence-corrected chi connectivity index (χ2v) is 7.88. The summed E-state index contributed by atoms with van der Waals surface area (Å²) >= 11 is 1.86. The maximum absolute atomic E-state index is 5.21. The summed E-state index contributed by atoms with van der Waals surface area (Å²) < 4.78 is 7.74. The molecule has 2 aromatic rings. The third-order valence-corrected chi connectivity index (χ3v) is 5.95. The van der Waals surface area contributed by atoms with Crippen LogP contribution < -0.4 is 4.74 Å². The van der Waals surface area contributed by atoms with Gasteiger partial charge in [0.15, 0.2) is 0 Å². The lowest BCUT2D eigenvalue weighted by molar-refractivity contribution is 0.136. The number of methoxy groups -OCH3 is 1. The van der Waals surface area contributed by atoms with E-state index < -0.39 is 0 Å². The van der Waals surface area contributed by atoms with Gasteiger partial charge in [0, 0.05) is 26.2 Å². The van der Waals surface area contributed by atoms with Gasteiger partial charge in [0.2, 0.25) is 0 Å². The molecule has 1 aliphatic rings. The molecule has 0 saturated carbocycles. The van der Waals surface area contributed by atoms with Crippen LogP contribution in [0.3, 0.4) is 0 Å². The Morgan fingerprint density at radius 2 is 2.00 bits per heavy atom. The van der Waals surface area contributed by atoms with Crippen molar-refractivity contribution in [1.82, 2.24) is 14.2 Å². The van der Waals surface area contributed by atoms with Crippen LogP contribution in [-0.4, -0.2) is 47.2 Å². The molecule has 0 spiro atoms. The Bertz CT molecular complexity index is 705. The molecule has 0 amide bonds. The van der Waals surface area contributed by atoms with E-state index in [1.165, 1.54) is 11.1 Å². The summed E-state index contributed by atoms with van der Waals surface area (Å²) in [4.78, 5) is 7.06. The fourth-order valence-corrected chi connectivity index (χ4v) is 4.33. The zero-order valence-electron chi connectivity index (χ0n) is 16.2. The first-order chi connectivity index (χ1) is 12.6. The molecule has 3 rings (SSSR count). The Kier molecular flexibility index (Phi) is 6.57. The lowest BCUT2D eigenvalue weighted by Crippen LogP contribution is -2.45. The van der Waals surface area contributed by atoms with Crippen molar-refractivity contribution < 1.29 is 4.74 Å². The summed E-state index contributed by atoms with van der Waals surface area (Å²) in [5.74, 6) is 1.35. The Morgan fingerprint density at radius 1 is 1.19 bits per heavy atom. The molecule has 0 bridgehead atoms. The minimum atomic E-state index is 0.413. The van der Waals surface area contributed by atoms with E-state index in [2.05, 4.69) is 64.6 Å². The van der Waals surface area contributed by atoms with Crippen LogP contribution >= 0.6 is 11.9 Å². The molecule has 0 N–H and O–H groups in total. The minimum Gasteiger partial charge on any atom is -0.495 e. The van der Waals surface area contributed by atoms with Gasteiger partial charge in [-0.2, -0.15) is 0 Å². The number of pyridine rings is 1. The van der Waals surface area contributed by atoms with E-state index in [9.17, 15) is 0 Å². The summed E-state index contributed by atoms with van der Waals surface area (Å²) in [7, 11) is 1.68. The van der Waals surface area contributed by atoms with E-state index in [1.54, 1.807) is 13.3 Å². The normalized spacial score (nSPS) is 19.0. The van der Waals surface area contributed by atoms with Gasteiger partial charge in [0.05, 0.1) is 25.0 Å². The van der Waals surface area contributed by atoms with Crippen molar-refractivity contribution in [3.8, 4) is 5.75 Å². The number of benzene rings is 1. The molecule has 2 heterocycles. The van der Waals surface area contributed by atoms with Crippen molar-refractivity contribution in [2.75, 3.05) is 33.0 Å². The number of ether oxygens (including phenoxy) is 1. The average molecular weight is 372 g/mol. The zero-order valence-corrected chi connectivity index (χ0v) is 17.0. The third kappa shape index (κ3) is 4.40. The Labute approximate surface area is 161 Å². The van der Waals surface area contributed by atoms with Gasteiger partial charge in [-0.15, -0.1) is 0 Å². The van der Waals surface area contributed by atoms with Crippen molar-refractivity contribution in [3.05, 3.63) is 59.4 Å². The van der Waals surface area contributed by atoms with Gasteiger partial charge in [0.1, 0.15) is 5.75 Å². The number of aromatic nitrogens is 1.